The molecular formula is C24H26F2N2O. The number of piperidine rings is 3. The van der Waals surface area contributed by atoms with Crippen LogP contribution >= 0.6 is 0 Å². The number of carbonyl (C=O) groups excluding carboxylic acids is 1. The molecule has 3 nitrogen and oxygen atoms in total. The molecule has 2 atom stereocenters. The van der Waals surface area contributed by atoms with Gasteiger partial charge in [0.1, 0.15) is 0 Å². The van der Waals surface area contributed by atoms with Crippen molar-refractivity contribution in [1.82, 2.24) is 9.80 Å². The normalized spacial score (nSPS) is 28.3. The maximum atomic E-state index is 14.0. The number of amides is 1. The molecule has 4 aliphatic rings. The predicted octanol–water partition coefficient (Wildman–Crippen LogP) is 4.17. The molecule has 0 saturated carbocycles. The molecule has 29 heavy (non-hydrogen) atoms. The lowest BCUT2D eigenvalue weighted by molar-refractivity contribution is -0.136. The highest BCUT2D eigenvalue weighted by atomic mass is 19.2. The number of rotatable bonds is 3. The molecule has 2 bridgehead atoms. The van der Waals surface area contributed by atoms with E-state index in [0.717, 1.165) is 37.7 Å². The van der Waals surface area contributed by atoms with Crippen LogP contribution in [-0.2, 0) is 11.2 Å². The maximum Gasteiger partial charge on any atom is 0.223 e. The fraction of sp³-hybridized carbons (Fsp3) is 0.458. The number of benzene rings is 2. The summed E-state index contributed by atoms with van der Waals surface area (Å²) in [7, 11) is 0. The van der Waals surface area contributed by atoms with Crippen LogP contribution in [0.5, 0.6) is 0 Å². The third-order valence-corrected chi connectivity index (χ3v) is 7.09. The highest BCUT2D eigenvalue weighted by Gasteiger charge is 2.38. The third kappa shape index (κ3) is 3.46. The summed E-state index contributed by atoms with van der Waals surface area (Å²) in [5.74, 6) is -0.540. The van der Waals surface area contributed by atoms with Gasteiger partial charge in [-0.15, -0.1) is 0 Å². The van der Waals surface area contributed by atoms with E-state index in [1.807, 2.05) is 23.1 Å². The summed E-state index contributed by atoms with van der Waals surface area (Å²) in [6.45, 7) is 3.94. The Morgan fingerprint density at radius 2 is 1.79 bits per heavy atom. The zero-order valence-corrected chi connectivity index (χ0v) is 16.5. The highest BCUT2D eigenvalue weighted by molar-refractivity contribution is 5.78. The molecular weight excluding hydrogens is 370 g/mol. The third-order valence-electron chi connectivity index (χ3n) is 7.09. The monoisotopic (exact) mass is 396 g/mol. The van der Waals surface area contributed by atoms with Crippen molar-refractivity contribution in [2.24, 2.45) is 11.8 Å². The van der Waals surface area contributed by atoms with Gasteiger partial charge in [0.25, 0.3) is 0 Å². The second-order valence-electron chi connectivity index (χ2n) is 8.71. The van der Waals surface area contributed by atoms with Gasteiger partial charge in [0.2, 0.25) is 5.91 Å². The van der Waals surface area contributed by atoms with E-state index in [2.05, 4.69) is 11.0 Å². The van der Waals surface area contributed by atoms with Crippen molar-refractivity contribution in [1.29, 1.82) is 0 Å². The maximum absolute atomic E-state index is 14.0. The Morgan fingerprint density at radius 3 is 2.52 bits per heavy atom. The molecule has 2 aromatic rings. The standard InChI is InChI=1S/C24H26F2N2O/c25-21-6-5-18(13-22(21)26)24-20-4-2-1-3-17(20)9-12-28(24)23(29)14-19-15-27-10-7-16(19)8-11-27/h1-6,13,16,19,24H,7-12,14-15H2/t19-,24-/m1/s1. The second-order valence-corrected chi connectivity index (χ2v) is 8.71. The fourth-order valence-electron chi connectivity index (χ4n) is 5.54. The predicted molar refractivity (Wildman–Crippen MR) is 107 cm³/mol. The molecule has 4 heterocycles. The topological polar surface area (TPSA) is 23.6 Å². The van der Waals surface area contributed by atoms with E-state index >= 15 is 0 Å². The van der Waals surface area contributed by atoms with Gasteiger partial charge in [-0.3, -0.25) is 4.79 Å². The molecule has 5 heteroatoms. The lowest BCUT2D eigenvalue weighted by Crippen LogP contribution is -2.49. The molecule has 0 unspecified atom stereocenters. The van der Waals surface area contributed by atoms with Gasteiger partial charge in [-0.1, -0.05) is 30.3 Å². The molecule has 3 saturated heterocycles. The van der Waals surface area contributed by atoms with Crippen LogP contribution in [0.25, 0.3) is 0 Å². The summed E-state index contributed by atoms with van der Waals surface area (Å²) < 4.78 is 27.6. The van der Waals surface area contributed by atoms with Crippen LogP contribution in [-0.4, -0.2) is 41.9 Å². The number of fused-ring (bicyclic) bond motifs is 4. The van der Waals surface area contributed by atoms with Gasteiger partial charge in [-0.2, -0.15) is 0 Å². The quantitative estimate of drug-likeness (QED) is 0.777. The van der Waals surface area contributed by atoms with Crippen LogP contribution in [0.3, 0.4) is 0 Å². The van der Waals surface area contributed by atoms with Crippen molar-refractivity contribution in [3.05, 3.63) is 70.8 Å². The molecule has 3 fully saturated rings. The Hall–Kier alpha value is -2.27. The number of hydrogen-bond donors (Lipinski definition) is 0. The van der Waals surface area contributed by atoms with Gasteiger partial charge in [0, 0.05) is 19.5 Å². The summed E-state index contributed by atoms with van der Waals surface area (Å²) in [6.07, 6.45) is 3.71. The van der Waals surface area contributed by atoms with Crippen molar-refractivity contribution in [2.75, 3.05) is 26.2 Å². The smallest absolute Gasteiger partial charge is 0.223 e. The van der Waals surface area contributed by atoms with E-state index in [1.54, 1.807) is 6.07 Å². The zero-order chi connectivity index (χ0) is 20.0. The van der Waals surface area contributed by atoms with E-state index in [-0.39, 0.29) is 11.9 Å². The summed E-state index contributed by atoms with van der Waals surface area (Å²) in [5.41, 5.74) is 2.83. The summed E-state index contributed by atoms with van der Waals surface area (Å²) in [5, 5.41) is 0. The van der Waals surface area contributed by atoms with Crippen molar-refractivity contribution in [3.63, 3.8) is 0 Å². The van der Waals surface area contributed by atoms with E-state index < -0.39 is 11.6 Å². The molecule has 0 aromatic heterocycles. The van der Waals surface area contributed by atoms with Crippen molar-refractivity contribution in [2.45, 2.75) is 31.7 Å². The first-order valence-corrected chi connectivity index (χ1v) is 10.6. The minimum Gasteiger partial charge on any atom is -0.331 e. The molecule has 0 N–H and O–H groups in total. The van der Waals surface area contributed by atoms with Crippen LogP contribution in [0.15, 0.2) is 42.5 Å². The molecule has 1 amide bonds. The Kier molecular flexibility index (Phi) is 4.86. The van der Waals surface area contributed by atoms with Gasteiger partial charge in [0.05, 0.1) is 6.04 Å². The summed E-state index contributed by atoms with van der Waals surface area (Å²) >= 11 is 0. The average molecular weight is 396 g/mol. The first kappa shape index (κ1) is 18.7. The molecule has 0 spiro atoms. The Labute approximate surface area is 170 Å². The highest BCUT2D eigenvalue weighted by Crippen LogP contribution is 2.39. The number of hydrogen-bond acceptors (Lipinski definition) is 2. The number of carbonyl (C=O) groups is 1. The summed E-state index contributed by atoms with van der Waals surface area (Å²) in [4.78, 5) is 17.8. The van der Waals surface area contributed by atoms with E-state index in [4.69, 9.17) is 0 Å². The van der Waals surface area contributed by atoms with Crippen LogP contribution < -0.4 is 0 Å². The Bertz CT molecular complexity index is 923. The average Bonchev–Trinajstić information content (AvgIpc) is 2.76. The van der Waals surface area contributed by atoms with Gasteiger partial charge in [-0.25, -0.2) is 8.78 Å². The van der Waals surface area contributed by atoms with Crippen LogP contribution in [0.4, 0.5) is 8.78 Å². The van der Waals surface area contributed by atoms with Gasteiger partial charge < -0.3 is 9.80 Å². The van der Waals surface area contributed by atoms with E-state index in [1.165, 1.54) is 24.5 Å². The second kappa shape index (κ2) is 7.52. The van der Waals surface area contributed by atoms with Crippen LogP contribution in [0.1, 0.15) is 42.0 Å². The summed E-state index contributed by atoms with van der Waals surface area (Å²) in [6, 6.07) is 11.7. The molecule has 152 valence electrons. The van der Waals surface area contributed by atoms with Crippen LogP contribution in [0, 0.1) is 23.5 Å². The van der Waals surface area contributed by atoms with Gasteiger partial charge >= 0.3 is 0 Å². The largest absolute Gasteiger partial charge is 0.331 e. The fourth-order valence-corrected chi connectivity index (χ4v) is 5.54. The number of nitrogens with zero attached hydrogens (tertiary/aromatic N) is 2. The van der Waals surface area contributed by atoms with Crippen molar-refractivity contribution in [3.8, 4) is 0 Å². The minimum absolute atomic E-state index is 0.132. The van der Waals surface area contributed by atoms with Crippen molar-refractivity contribution >= 4 is 5.91 Å². The molecule has 0 aliphatic carbocycles. The van der Waals surface area contributed by atoms with Crippen LogP contribution in [0.2, 0.25) is 0 Å². The molecule has 0 radical (unpaired) electrons. The van der Waals surface area contributed by atoms with Gasteiger partial charge in [0.15, 0.2) is 11.6 Å². The zero-order valence-electron chi connectivity index (χ0n) is 16.5. The lowest BCUT2D eigenvalue weighted by atomic mass is 9.77. The Balaban J connectivity index is 1.46. The number of halogens is 2. The van der Waals surface area contributed by atoms with Crippen molar-refractivity contribution < 1.29 is 13.6 Å². The van der Waals surface area contributed by atoms with E-state index in [0.29, 0.717) is 30.4 Å². The molecule has 6 rings (SSSR count). The van der Waals surface area contributed by atoms with E-state index in [9.17, 15) is 13.6 Å². The SMILES string of the molecule is O=C(C[C@@H]1CN2CCC1CC2)N1CCc2ccccc2[C@H]1c1ccc(F)c(F)c1. The van der Waals surface area contributed by atoms with Gasteiger partial charge in [-0.05, 0) is 73.0 Å². The Morgan fingerprint density at radius 1 is 1.00 bits per heavy atom. The first-order valence-electron chi connectivity index (χ1n) is 10.6. The lowest BCUT2D eigenvalue weighted by Gasteiger charge is -2.46. The first-order chi connectivity index (χ1) is 14.1. The molecule has 2 aromatic carbocycles. The minimum atomic E-state index is -0.865. The molecule has 4 aliphatic heterocycles.